The molecule has 2 rings (SSSR count). The Kier molecular flexibility index (Phi) is 5.58. The molecule has 1 aliphatic heterocycles. The van der Waals surface area contributed by atoms with Crippen LogP contribution in [-0.2, 0) is 16.0 Å². The van der Waals surface area contributed by atoms with Crippen LogP contribution >= 0.6 is 0 Å². The molecule has 0 aromatic heterocycles. The van der Waals surface area contributed by atoms with Crippen molar-refractivity contribution < 1.29 is 14.7 Å². The quantitative estimate of drug-likeness (QED) is 0.910. The summed E-state index contributed by atoms with van der Waals surface area (Å²) in [5, 5.41) is 8.83. The lowest BCUT2D eigenvalue weighted by atomic mass is 9.92. The first kappa shape index (κ1) is 16.5. The number of carbonyl (C=O) groups excluding carboxylic acids is 1. The molecule has 22 heavy (non-hydrogen) atoms. The molecule has 1 aromatic rings. The van der Waals surface area contributed by atoms with Crippen LogP contribution in [0, 0.1) is 18.8 Å². The van der Waals surface area contributed by atoms with E-state index < -0.39 is 5.97 Å². The number of rotatable bonds is 5. The highest BCUT2D eigenvalue weighted by Crippen LogP contribution is 2.22. The van der Waals surface area contributed by atoms with Gasteiger partial charge in [-0.2, -0.15) is 0 Å². The second kappa shape index (κ2) is 7.43. The number of aryl methyl sites for hydroxylation is 1. The first-order valence-electron chi connectivity index (χ1n) is 8.02. The average molecular weight is 303 g/mol. The Bertz CT molecular complexity index is 516. The molecule has 1 N–H and O–H groups in total. The van der Waals surface area contributed by atoms with Gasteiger partial charge in [-0.1, -0.05) is 36.8 Å². The van der Waals surface area contributed by atoms with E-state index in [9.17, 15) is 9.59 Å². The van der Waals surface area contributed by atoms with Gasteiger partial charge >= 0.3 is 5.97 Å². The summed E-state index contributed by atoms with van der Waals surface area (Å²) in [6, 6.07) is 8.31. The van der Waals surface area contributed by atoms with Crippen molar-refractivity contribution in [3.63, 3.8) is 0 Å². The minimum absolute atomic E-state index is 0.0290. The number of nitrogens with zero attached hydrogens (tertiary/aromatic N) is 1. The lowest BCUT2D eigenvalue weighted by Gasteiger charge is -2.33. The number of carboxylic acids is 1. The van der Waals surface area contributed by atoms with E-state index >= 15 is 0 Å². The van der Waals surface area contributed by atoms with Crippen molar-refractivity contribution in [3.8, 4) is 0 Å². The smallest absolute Gasteiger partial charge is 0.303 e. The van der Waals surface area contributed by atoms with Gasteiger partial charge in [-0.25, -0.2) is 0 Å². The number of amides is 1. The lowest BCUT2D eigenvalue weighted by Crippen LogP contribution is -2.42. The van der Waals surface area contributed by atoms with Crippen LogP contribution in [0.25, 0.3) is 0 Å². The Labute approximate surface area is 132 Å². The van der Waals surface area contributed by atoms with E-state index in [-0.39, 0.29) is 24.2 Å². The summed E-state index contributed by atoms with van der Waals surface area (Å²) in [6.07, 6.45) is 2.58. The summed E-state index contributed by atoms with van der Waals surface area (Å²) in [5.41, 5.74) is 2.41. The van der Waals surface area contributed by atoms with Crippen LogP contribution in [-0.4, -0.2) is 35.0 Å². The van der Waals surface area contributed by atoms with E-state index in [1.54, 1.807) is 0 Å². The van der Waals surface area contributed by atoms with Crippen LogP contribution in [0.15, 0.2) is 24.3 Å². The molecular formula is C18H25NO3. The Morgan fingerprint density at radius 3 is 2.36 bits per heavy atom. The minimum atomic E-state index is -0.738. The zero-order valence-electron chi connectivity index (χ0n) is 13.4. The number of carboxylic acid groups (broad SMARTS) is 1. The Morgan fingerprint density at radius 1 is 1.23 bits per heavy atom. The summed E-state index contributed by atoms with van der Waals surface area (Å²) in [4.78, 5) is 25.1. The van der Waals surface area contributed by atoms with Crippen LogP contribution in [0.4, 0.5) is 0 Å². The van der Waals surface area contributed by atoms with Crippen molar-refractivity contribution in [2.75, 3.05) is 13.1 Å². The van der Waals surface area contributed by atoms with Crippen molar-refractivity contribution in [2.24, 2.45) is 11.8 Å². The number of carbonyl (C=O) groups is 2. The maximum atomic E-state index is 12.5. The van der Waals surface area contributed by atoms with Gasteiger partial charge in [0.05, 0.1) is 0 Å². The van der Waals surface area contributed by atoms with Gasteiger partial charge in [0, 0.05) is 25.4 Å². The number of aliphatic carboxylic acids is 1. The normalized spacial score (nSPS) is 17.3. The molecular weight excluding hydrogens is 278 g/mol. The van der Waals surface area contributed by atoms with Crippen molar-refractivity contribution in [2.45, 2.75) is 39.5 Å². The van der Waals surface area contributed by atoms with E-state index in [0.29, 0.717) is 13.1 Å². The van der Waals surface area contributed by atoms with E-state index in [1.807, 2.05) is 11.8 Å². The van der Waals surface area contributed by atoms with Crippen LogP contribution in [0.3, 0.4) is 0 Å². The zero-order valence-corrected chi connectivity index (χ0v) is 13.4. The summed E-state index contributed by atoms with van der Waals surface area (Å²) < 4.78 is 0. The van der Waals surface area contributed by atoms with Gasteiger partial charge in [0.1, 0.15) is 0 Å². The Morgan fingerprint density at radius 2 is 1.82 bits per heavy atom. The van der Waals surface area contributed by atoms with Crippen molar-refractivity contribution >= 4 is 11.9 Å². The van der Waals surface area contributed by atoms with Gasteiger partial charge in [0.25, 0.3) is 0 Å². The summed E-state index contributed by atoms with van der Waals surface area (Å²) in [5.74, 6) is -0.362. The molecule has 4 heteroatoms. The van der Waals surface area contributed by atoms with E-state index in [0.717, 1.165) is 19.3 Å². The molecule has 1 fully saturated rings. The third kappa shape index (κ3) is 4.58. The average Bonchev–Trinajstić information content (AvgIpc) is 2.49. The first-order chi connectivity index (χ1) is 10.5. The highest BCUT2D eigenvalue weighted by Gasteiger charge is 2.26. The molecule has 4 nitrogen and oxygen atoms in total. The Balaban J connectivity index is 1.84. The predicted octanol–water partition coefficient (Wildman–Crippen LogP) is 2.89. The molecule has 120 valence electrons. The van der Waals surface area contributed by atoms with Crippen LogP contribution in [0.5, 0.6) is 0 Å². The minimum Gasteiger partial charge on any atom is -0.481 e. The van der Waals surface area contributed by atoms with Gasteiger partial charge in [0.2, 0.25) is 5.91 Å². The fourth-order valence-corrected chi connectivity index (χ4v) is 3.08. The molecule has 0 spiro atoms. The van der Waals surface area contributed by atoms with E-state index in [2.05, 4.69) is 31.2 Å². The SMILES string of the molecule is Cc1ccc(CC(C)C(=O)N2CCC(CC(=O)O)CC2)cc1. The highest BCUT2D eigenvalue weighted by atomic mass is 16.4. The van der Waals surface area contributed by atoms with Gasteiger partial charge in [-0.3, -0.25) is 9.59 Å². The maximum absolute atomic E-state index is 12.5. The molecule has 1 heterocycles. The fraction of sp³-hybridized carbons (Fsp3) is 0.556. The largest absolute Gasteiger partial charge is 0.481 e. The number of benzene rings is 1. The fourth-order valence-electron chi connectivity index (χ4n) is 3.08. The highest BCUT2D eigenvalue weighted by molar-refractivity contribution is 5.79. The van der Waals surface area contributed by atoms with Gasteiger partial charge in [0.15, 0.2) is 0 Å². The maximum Gasteiger partial charge on any atom is 0.303 e. The molecule has 1 saturated heterocycles. The van der Waals surface area contributed by atoms with E-state index in [1.165, 1.54) is 11.1 Å². The summed E-state index contributed by atoms with van der Waals surface area (Å²) in [6.45, 7) is 5.41. The lowest BCUT2D eigenvalue weighted by molar-refractivity contribution is -0.139. The molecule has 0 saturated carbocycles. The van der Waals surface area contributed by atoms with Gasteiger partial charge in [-0.15, -0.1) is 0 Å². The number of hydrogen-bond donors (Lipinski definition) is 1. The predicted molar refractivity (Wildman–Crippen MR) is 85.6 cm³/mol. The molecule has 0 radical (unpaired) electrons. The molecule has 1 amide bonds. The standard InChI is InChI=1S/C18H25NO3/c1-13-3-5-15(6-4-13)11-14(2)18(22)19-9-7-16(8-10-19)12-17(20)21/h3-6,14,16H,7-12H2,1-2H3,(H,20,21). The Hall–Kier alpha value is -1.84. The van der Waals surface area contributed by atoms with E-state index in [4.69, 9.17) is 5.11 Å². The van der Waals surface area contributed by atoms with Crippen molar-refractivity contribution in [1.82, 2.24) is 4.90 Å². The summed E-state index contributed by atoms with van der Waals surface area (Å²) in [7, 11) is 0. The summed E-state index contributed by atoms with van der Waals surface area (Å²) >= 11 is 0. The zero-order chi connectivity index (χ0) is 16.1. The molecule has 1 aromatic carbocycles. The van der Waals surface area contributed by atoms with Gasteiger partial charge < -0.3 is 10.0 Å². The first-order valence-corrected chi connectivity index (χ1v) is 8.02. The number of piperidine rings is 1. The van der Waals surface area contributed by atoms with Gasteiger partial charge in [-0.05, 0) is 37.7 Å². The molecule has 1 unspecified atom stereocenters. The van der Waals surface area contributed by atoms with Crippen molar-refractivity contribution in [1.29, 1.82) is 0 Å². The van der Waals surface area contributed by atoms with Crippen LogP contribution < -0.4 is 0 Å². The molecule has 0 aliphatic carbocycles. The van der Waals surface area contributed by atoms with Crippen molar-refractivity contribution in [3.05, 3.63) is 35.4 Å². The molecule has 0 bridgehead atoms. The number of hydrogen-bond acceptors (Lipinski definition) is 2. The second-order valence-electron chi connectivity index (χ2n) is 6.46. The number of likely N-dealkylation sites (tertiary alicyclic amines) is 1. The van der Waals surface area contributed by atoms with Crippen LogP contribution in [0.1, 0.15) is 37.3 Å². The second-order valence-corrected chi connectivity index (χ2v) is 6.46. The third-order valence-corrected chi connectivity index (χ3v) is 4.47. The third-order valence-electron chi connectivity index (χ3n) is 4.47. The molecule has 1 atom stereocenters. The monoisotopic (exact) mass is 303 g/mol. The molecule has 1 aliphatic rings. The topological polar surface area (TPSA) is 57.6 Å². The van der Waals surface area contributed by atoms with Crippen LogP contribution in [0.2, 0.25) is 0 Å².